The van der Waals surface area contributed by atoms with E-state index in [1.165, 1.54) is 0 Å². The maximum atomic E-state index is 4.62. The van der Waals surface area contributed by atoms with Crippen molar-refractivity contribution in [1.29, 1.82) is 0 Å². The summed E-state index contributed by atoms with van der Waals surface area (Å²) in [6, 6.07) is 14.4. The number of aryl methyl sites for hydroxylation is 1. The third-order valence-corrected chi connectivity index (χ3v) is 2.89. The molecule has 0 aliphatic carbocycles. The molecule has 1 aromatic carbocycles. The number of nitrogens with zero attached hydrogens (tertiary/aromatic N) is 2. The van der Waals surface area contributed by atoms with E-state index in [2.05, 4.69) is 28.2 Å². The van der Waals surface area contributed by atoms with Gasteiger partial charge in [0.1, 0.15) is 0 Å². The zero-order chi connectivity index (χ0) is 11.7. The molecule has 0 saturated carbocycles. The lowest BCUT2D eigenvalue weighted by atomic mass is 10.0. The van der Waals surface area contributed by atoms with Crippen LogP contribution in [0, 0.1) is 6.92 Å². The highest BCUT2D eigenvalue weighted by Gasteiger charge is 2.04. The first-order chi connectivity index (χ1) is 8.34. The largest absolute Gasteiger partial charge is 0.264 e. The molecule has 2 heterocycles. The van der Waals surface area contributed by atoms with Gasteiger partial charge in [0.15, 0.2) is 0 Å². The van der Waals surface area contributed by atoms with Crippen LogP contribution in [0.1, 0.15) is 5.69 Å². The van der Waals surface area contributed by atoms with Crippen molar-refractivity contribution in [1.82, 2.24) is 9.97 Å². The Morgan fingerprint density at radius 1 is 1.00 bits per heavy atom. The van der Waals surface area contributed by atoms with Crippen molar-refractivity contribution in [2.24, 2.45) is 0 Å². The summed E-state index contributed by atoms with van der Waals surface area (Å²) >= 11 is 0. The molecule has 0 fully saturated rings. The number of pyridine rings is 2. The quantitative estimate of drug-likeness (QED) is 0.626. The predicted molar refractivity (Wildman–Crippen MR) is 69.7 cm³/mol. The summed E-state index contributed by atoms with van der Waals surface area (Å²) in [6.45, 7) is 2.04. The lowest BCUT2D eigenvalue weighted by Gasteiger charge is -2.07. The van der Waals surface area contributed by atoms with E-state index < -0.39 is 0 Å². The van der Waals surface area contributed by atoms with Crippen LogP contribution in [0.15, 0.2) is 54.9 Å². The van der Waals surface area contributed by atoms with Gasteiger partial charge in [0, 0.05) is 34.6 Å². The van der Waals surface area contributed by atoms with Gasteiger partial charge < -0.3 is 0 Å². The number of hydrogen-bond donors (Lipinski definition) is 0. The highest BCUT2D eigenvalue weighted by Crippen LogP contribution is 2.25. The van der Waals surface area contributed by atoms with Crippen molar-refractivity contribution in [3.05, 3.63) is 60.6 Å². The summed E-state index contributed by atoms with van der Waals surface area (Å²) in [7, 11) is 0. The second-order valence-electron chi connectivity index (χ2n) is 4.06. The molecular weight excluding hydrogens is 208 g/mol. The van der Waals surface area contributed by atoms with Gasteiger partial charge in [-0.15, -0.1) is 0 Å². The molecule has 2 aromatic heterocycles. The number of hydrogen-bond acceptors (Lipinski definition) is 2. The first kappa shape index (κ1) is 9.97. The normalized spacial score (nSPS) is 10.6. The Kier molecular flexibility index (Phi) is 2.33. The molecule has 0 atom stereocenters. The van der Waals surface area contributed by atoms with Gasteiger partial charge in [0.05, 0.1) is 5.52 Å². The minimum atomic E-state index is 1.04. The third-order valence-electron chi connectivity index (χ3n) is 2.89. The number of rotatable bonds is 1. The van der Waals surface area contributed by atoms with Crippen molar-refractivity contribution in [2.75, 3.05) is 0 Å². The van der Waals surface area contributed by atoms with Crippen LogP contribution >= 0.6 is 0 Å². The first-order valence-electron chi connectivity index (χ1n) is 5.61. The van der Waals surface area contributed by atoms with Gasteiger partial charge in [0.25, 0.3) is 0 Å². The molecule has 0 N–H and O–H groups in total. The second kappa shape index (κ2) is 3.98. The Balaban J connectivity index is 2.27. The molecule has 0 unspecified atom stereocenters. The van der Waals surface area contributed by atoms with E-state index in [0.29, 0.717) is 0 Å². The van der Waals surface area contributed by atoms with E-state index in [9.17, 15) is 0 Å². The molecule has 3 aromatic rings. The number of para-hydroxylation sites is 1. The monoisotopic (exact) mass is 220 g/mol. The van der Waals surface area contributed by atoms with Gasteiger partial charge in [-0.05, 0) is 25.1 Å². The second-order valence-corrected chi connectivity index (χ2v) is 4.06. The number of aromatic nitrogens is 2. The molecule has 0 radical (unpaired) electrons. The third kappa shape index (κ3) is 1.78. The van der Waals surface area contributed by atoms with E-state index in [1.54, 1.807) is 6.20 Å². The van der Waals surface area contributed by atoms with Gasteiger partial charge >= 0.3 is 0 Å². The molecule has 2 heteroatoms. The molecule has 0 bridgehead atoms. The number of benzene rings is 1. The highest BCUT2D eigenvalue weighted by atomic mass is 14.7. The summed E-state index contributed by atoms with van der Waals surface area (Å²) in [5, 5.41) is 1.16. The molecule has 3 rings (SSSR count). The van der Waals surface area contributed by atoms with E-state index in [1.807, 2.05) is 37.4 Å². The highest BCUT2D eigenvalue weighted by molar-refractivity contribution is 5.84. The molecule has 0 amide bonds. The van der Waals surface area contributed by atoms with E-state index >= 15 is 0 Å². The van der Waals surface area contributed by atoms with Crippen LogP contribution in [-0.2, 0) is 0 Å². The van der Waals surface area contributed by atoms with Crippen LogP contribution in [0.4, 0.5) is 0 Å². The van der Waals surface area contributed by atoms with Gasteiger partial charge in [-0.2, -0.15) is 0 Å². The standard InChI is InChI=1S/C15H12N2/c1-11-14(13-6-4-8-16-10-13)9-12-5-2-3-7-15(12)17-11/h2-10H,1H3. The van der Waals surface area contributed by atoms with E-state index in [-0.39, 0.29) is 0 Å². The Morgan fingerprint density at radius 2 is 1.88 bits per heavy atom. The Morgan fingerprint density at radius 3 is 2.71 bits per heavy atom. The average Bonchev–Trinajstić information content (AvgIpc) is 2.39. The van der Waals surface area contributed by atoms with Crippen molar-refractivity contribution >= 4 is 10.9 Å². The van der Waals surface area contributed by atoms with Crippen LogP contribution in [-0.4, -0.2) is 9.97 Å². The smallest absolute Gasteiger partial charge is 0.0705 e. The summed E-state index contributed by atoms with van der Waals surface area (Å²) in [5.74, 6) is 0. The van der Waals surface area contributed by atoms with E-state index in [0.717, 1.165) is 27.7 Å². The lowest BCUT2D eigenvalue weighted by molar-refractivity contribution is 1.24. The molecular formula is C15H12N2. The van der Waals surface area contributed by atoms with Gasteiger partial charge in [-0.1, -0.05) is 24.3 Å². The topological polar surface area (TPSA) is 25.8 Å². The molecule has 0 saturated heterocycles. The molecule has 0 aliphatic heterocycles. The summed E-state index contributed by atoms with van der Waals surface area (Å²) < 4.78 is 0. The molecule has 82 valence electrons. The van der Waals surface area contributed by atoms with Gasteiger partial charge in [-0.25, -0.2) is 0 Å². The number of fused-ring (bicyclic) bond motifs is 1. The molecule has 0 spiro atoms. The van der Waals surface area contributed by atoms with Gasteiger partial charge in [0.2, 0.25) is 0 Å². The fourth-order valence-corrected chi connectivity index (χ4v) is 2.03. The van der Waals surface area contributed by atoms with Crippen molar-refractivity contribution in [3.8, 4) is 11.1 Å². The first-order valence-corrected chi connectivity index (χ1v) is 5.61. The summed E-state index contributed by atoms with van der Waals surface area (Å²) in [6.07, 6.45) is 3.66. The molecule has 2 nitrogen and oxygen atoms in total. The van der Waals surface area contributed by atoms with Crippen LogP contribution in [0.3, 0.4) is 0 Å². The minimum Gasteiger partial charge on any atom is -0.264 e. The SMILES string of the molecule is Cc1nc2ccccc2cc1-c1cccnc1. The van der Waals surface area contributed by atoms with Crippen LogP contribution in [0.2, 0.25) is 0 Å². The van der Waals surface area contributed by atoms with Crippen molar-refractivity contribution < 1.29 is 0 Å². The maximum Gasteiger partial charge on any atom is 0.0705 e. The van der Waals surface area contributed by atoms with Crippen LogP contribution < -0.4 is 0 Å². The molecule has 0 aliphatic rings. The van der Waals surface area contributed by atoms with Crippen molar-refractivity contribution in [2.45, 2.75) is 6.92 Å². The zero-order valence-electron chi connectivity index (χ0n) is 9.59. The van der Waals surface area contributed by atoms with Crippen molar-refractivity contribution in [3.63, 3.8) is 0 Å². The lowest BCUT2D eigenvalue weighted by Crippen LogP contribution is -1.89. The van der Waals surface area contributed by atoms with Crippen LogP contribution in [0.25, 0.3) is 22.0 Å². The Labute approximate surface area is 100.0 Å². The molecule has 17 heavy (non-hydrogen) atoms. The van der Waals surface area contributed by atoms with Crippen LogP contribution in [0.5, 0.6) is 0 Å². The summed E-state index contributed by atoms with van der Waals surface area (Å²) in [5.41, 5.74) is 4.34. The fraction of sp³-hybridized carbons (Fsp3) is 0.0667. The zero-order valence-corrected chi connectivity index (χ0v) is 9.59. The van der Waals surface area contributed by atoms with E-state index in [4.69, 9.17) is 0 Å². The average molecular weight is 220 g/mol. The predicted octanol–water partition coefficient (Wildman–Crippen LogP) is 3.61. The minimum absolute atomic E-state index is 1.04. The Bertz CT molecular complexity index is 660. The fourth-order valence-electron chi connectivity index (χ4n) is 2.03. The summed E-state index contributed by atoms with van der Waals surface area (Å²) in [4.78, 5) is 8.78. The van der Waals surface area contributed by atoms with Gasteiger partial charge in [-0.3, -0.25) is 9.97 Å². The Hall–Kier alpha value is -2.22. The maximum absolute atomic E-state index is 4.62.